The van der Waals surface area contributed by atoms with Crippen LogP contribution in [0.4, 0.5) is 11.6 Å². The summed E-state index contributed by atoms with van der Waals surface area (Å²) < 4.78 is 11.8. The lowest BCUT2D eigenvalue weighted by atomic mass is 10.1. The van der Waals surface area contributed by atoms with Gasteiger partial charge in [0.05, 0.1) is 25.7 Å². The highest BCUT2D eigenvalue weighted by Crippen LogP contribution is 2.27. The number of nitrogens with two attached hydrogens (primary N) is 1. The summed E-state index contributed by atoms with van der Waals surface area (Å²) in [5.41, 5.74) is 6.17. The van der Waals surface area contributed by atoms with Gasteiger partial charge in [0.15, 0.2) is 11.5 Å². The number of ether oxygens (including phenoxy) is 2. The number of nitrogen functional groups attached to an aromatic ring is 1. The molecule has 3 aromatic rings. The number of aromatic nitrogens is 3. The van der Waals surface area contributed by atoms with E-state index >= 15 is 0 Å². The molecule has 0 radical (unpaired) electrons. The minimum Gasteiger partial charge on any atom is -0.493 e. The first-order valence-corrected chi connectivity index (χ1v) is 10.6. The molecule has 0 spiro atoms. The molecule has 32 heavy (non-hydrogen) atoms. The highest BCUT2D eigenvalue weighted by molar-refractivity contribution is 7.99. The molecule has 10 nitrogen and oxygen atoms in total. The van der Waals surface area contributed by atoms with Crippen molar-refractivity contribution in [3.8, 4) is 11.5 Å². The average Bonchev–Trinajstić information content (AvgIpc) is 3.16. The van der Waals surface area contributed by atoms with Crippen molar-refractivity contribution in [3.05, 3.63) is 53.6 Å². The number of carbonyl (C=O) groups is 1. The van der Waals surface area contributed by atoms with Crippen LogP contribution in [0.3, 0.4) is 0 Å². The monoisotopic (exact) mass is 455 g/mol. The summed E-state index contributed by atoms with van der Waals surface area (Å²) in [7, 11) is 3.15. The first kappa shape index (κ1) is 22.9. The highest BCUT2D eigenvalue weighted by Gasteiger charge is 2.13. The van der Waals surface area contributed by atoms with E-state index in [2.05, 4.69) is 26.0 Å². The minimum atomic E-state index is -0.168. The average molecular weight is 456 g/mol. The van der Waals surface area contributed by atoms with E-state index in [9.17, 15) is 4.79 Å². The lowest BCUT2D eigenvalue weighted by molar-refractivity contribution is -0.113. The maximum atomic E-state index is 12.2. The van der Waals surface area contributed by atoms with Gasteiger partial charge < -0.3 is 20.6 Å². The van der Waals surface area contributed by atoms with Gasteiger partial charge in [-0.1, -0.05) is 29.5 Å². The van der Waals surface area contributed by atoms with Crippen LogP contribution < -0.4 is 26.1 Å². The molecule has 168 valence electrons. The predicted octanol–water partition coefficient (Wildman–Crippen LogP) is 2.88. The molecule has 11 heteroatoms. The molecule has 4 N–H and O–H groups in total. The number of amides is 1. The van der Waals surface area contributed by atoms with Gasteiger partial charge in [0.25, 0.3) is 5.95 Å². The van der Waals surface area contributed by atoms with Crippen LogP contribution in [0.1, 0.15) is 18.1 Å². The number of rotatable bonds is 9. The van der Waals surface area contributed by atoms with Crippen molar-refractivity contribution in [2.45, 2.75) is 19.0 Å². The van der Waals surface area contributed by atoms with Gasteiger partial charge in [-0.15, -0.1) is 10.2 Å². The number of methoxy groups -OCH3 is 2. The largest absolute Gasteiger partial charge is 0.493 e. The Morgan fingerprint density at radius 2 is 1.84 bits per heavy atom. The summed E-state index contributed by atoms with van der Waals surface area (Å²) in [6.07, 6.45) is 0. The molecule has 0 saturated carbocycles. The minimum absolute atomic E-state index is 0.136. The number of hydrazone groups is 1. The zero-order valence-corrected chi connectivity index (χ0v) is 19.1. The Balaban J connectivity index is 1.59. The molecule has 0 bridgehead atoms. The van der Waals surface area contributed by atoms with E-state index in [0.29, 0.717) is 22.4 Å². The fourth-order valence-corrected chi connectivity index (χ4v) is 3.33. The topological polar surface area (TPSA) is 129 Å². The van der Waals surface area contributed by atoms with Crippen LogP contribution in [0.25, 0.3) is 0 Å². The zero-order valence-electron chi connectivity index (χ0n) is 18.2. The van der Waals surface area contributed by atoms with Gasteiger partial charge in [-0.05, 0) is 44.2 Å². The normalized spacial score (nSPS) is 11.2. The third kappa shape index (κ3) is 5.70. The Bertz CT molecular complexity index is 1110. The molecule has 1 aromatic heterocycles. The summed E-state index contributed by atoms with van der Waals surface area (Å²) in [4.78, 5) is 12.2. The molecule has 0 saturated heterocycles. The first-order valence-electron chi connectivity index (χ1n) is 9.63. The van der Waals surface area contributed by atoms with E-state index in [0.717, 1.165) is 16.8 Å². The van der Waals surface area contributed by atoms with Crippen LogP contribution in [0.2, 0.25) is 0 Å². The van der Waals surface area contributed by atoms with Crippen molar-refractivity contribution >= 4 is 35.0 Å². The van der Waals surface area contributed by atoms with E-state index in [-0.39, 0.29) is 17.6 Å². The summed E-state index contributed by atoms with van der Waals surface area (Å²) >= 11 is 1.17. The molecule has 0 aliphatic rings. The van der Waals surface area contributed by atoms with Crippen LogP contribution in [0, 0.1) is 6.92 Å². The summed E-state index contributed by atoms with van der Waals surface area (Å²) in [5, 5.41) is 15.5. The standard InChI is InChI=1S/C21H25N7O3S/c1-13-5-8-16(9-6-13)23-19(29)12-32-21-27-26-20(28(21)22)25-24-14(2)15-7-10-17(30-3)18(11-15)31-4/h5-11H,12,22H2,1-4H3,(H,23,29)(H,25,26)/b24-14+. The number of aryl methyl sites for hydroxylation is 1. The Labute approximate surface area is 190 Å². The number of anilines is 2. The second-order valence-electron chi connectivity index (χ2n) is 6.76. The van der Waals surface area contributed by atoms with Crippen LogP contribution in [0.15, 0.2) is 52.7 Å². The van der Waals surface area contributed by atoms with Crippen molar-refractivity contribution in [3.63, 3.8) is 0 Å². The lowest BCUT2D eigenvalue weighted by Gasteiger charge is -2.09. The summed E-state index contributed by atoms with van der Waals surface area (Å²) in [5.74, 6) is 7.48. The quantitative estimate of drug-likeness (QED) is 0.194. The second-order valence-corrected chi connectivity index (χ2v) is 7.70. The SMILES string of the molecule is COc1ccc(/C(C)=N/Nc2nnc(SCC(=O)Nc3ccc(C)cc3)n2N)cc1OC. The Hall–Kier alpha value is -3.73. The maximum Gasteiger partial charge on any atom is 0.264 e. The Kier molecular flexibility index (Phi) is 7.55. The molecule has 2 aromatic carbocycles. The van der Waals surface area contributed by atoms with Crippen molar-refractivity contribution in [1.29, 1.82) is 0 Å². The summed E-state index contributed by atoms with van der Waals surface area (Å²) in [6.45, 7) is 3.82. The van der Waals surface area contributed by atoms with E-state index in [1.165, 1.54) is 16.4 Å². The molecule has 0 aliphatic heterocycles. The van der Waals surface area contributed by atoms with E-state index in [1.807, 2.05) is 50.2 Å². The number of thioether (sulfide) groups is 1. The van der Waals surface area contributed by atoms with Crippen molar-refractivity contribution in [2.24, 2.45) is 5.10 Å². The molecule has 0 aliphatic carbocycles. The van der Waals surface area contributed by atoms with Crippen LogP contribution in [-0.2, 0) is 4.79 Å². The van der Waals surface area contributed by atoms with Gasteiger partial charge in [-0.25, -0.2) is 10.1 Å². The molecule has 0 fully saturated rings. The zero-order chi connectivity index (χ0) is 23.1. The molecular weight excluding hydrogens is 430 g/mol. The molecule has 0 atom stereocenters. The van der Waals surface area contributed by atoms with Gasteiger partial charge in [0.1, 0.15) is 0 Å². The third-order valence-corrected chi connectivity index (χ3v) is 5.40. The molecule has 1 amide bonds. The number of nitrogens with zero attached hydrogens (tertiary/aromatic N) is 4. The smallest absolute Gasteiger partial charge is 0.264 e. The maximum absolute atomic E-state index is 12.2. The van der Waals surface area contributed by atoms with Crippen molar-refractivity contribution < 1.29 is 14.3 Å². The second kappa shape index (κ2) is 10.5. The number of carbonyl (C=O) groups excluding carboxylic acids is 1. The fourth-order valence-electron chi connectivity index (χ4n) is 2.68. The van der Waals surface area contributed by atoms with Gasteiger partial charge in [0, 0.05) is 11.3 Å². The summed E-state index contributed by atoms with van der Waals surface area (Å²) in [6, 6.07) is 13.1. The lowest BCUT2D eigenvalue weighted by Crippen LogP contribution is -2.17. The molecule has 0 unspecified atom stereocenters. The van der Waals surface area contributed by atoms with Gasteiger partial charge in [0.2, 0.25) is 11.1 Å². The van der Waals surface area contributed by atoms with Gasteiger partial charge >= 0.3 is 0 Å². The fraction of sp³-hybridized carbons (Fsp3) is 0.238. The third-order valence-electron chi connectivity index (χ3n) is 4.46. The number of hydrogen-bond acceptors (Lipinski definition) is 9. The van der Waals surface area contributed by atoms with Crippen molar-refractivity contribution in [2.75, 3.05) is 36.6 Å². The van der Waals surface area contributed by atoms with Gasteiger partial charge in [-0.3, -0.25) is 4.79 Å². The predicted molar refractivity (Wildman–Crippen MR) is 126 cm³/mol. The highest BCUT2D eigenvalue weighted by atomic mass is 32.2. The number of nitrogens with one attached hydrogen (secondary N) is 2. The van der Waals surface area contributed by atoms with E-state index < -0.39 is 0 Å². The molecule has 1 heterocycles. The van der Waals surface area contributed by atoms with Gasteiger partial charge in [-0.2, -0.15) is 5.10 Å². The first-order chi connectivity index (χ1) is 15.4. The number of benzene rings is 2. The molecule has 3 rings (SSSR count). The van der Waals surface area contributed by atoms with E-state index in [4.69, 9.17) is 15.3 Å². The van der Waals surface area contributed by atoms with E-state index in [1.54, 1.807) is 20.3 Å². The Morgan fingerprint density at radius 1 is 1.12 bits per heavy atom. The van der Waals surface area contributed by atoms with Crippen LogP contribution >= 0.6 is 11.8 Å². The van der Waals surface area contributed by atoms with Crippen LogP contribution in [-0.4, -0.2) is 46.5 Å². The Morgan fingerprint density at radius 3 is 2.53 bits per heavy atom. The molecular formula is C21H25N7O3S. The van der Waals surface area contributed by atoms with Crippen molar-refractivity contribution in [1.82, 2.24) is 14.9 Å². The number of hydrogen-bond donors (Lipinski definition) is 3. The van der Waals surface area contributed by atoms with Crippen LogP contribution in [0.5, 0.6) is 11.5 Å².